The van der Waals surface area contributed by atoms with Gasteiger partial charge in [-0.2, -0.15) is 13.2 Å². The normalized spacial score (nSPS) is 11.2. The first-order chi connectivity index (χ1) is 13.8. The number of anilines is 3. The van der Waals surface area contributed by atoms with Crippen LogP contribution in [0.2, 0.25) is 0 Å². The van der Waals surface area contributed by atoms with E-state index in [9.17, 15) is 18.0 Å². The SMILES string of the molecule is CCOc1ccccc1NC(=O)Cc1csc(Nc2cccc(C(F)(F)F)c2)n1. The van der Waals surface area contributed by atoms with Gasteiger partial charge in [0.1, 0.15) is 5.75 Å². The van der Waals surface area contributed by atoms with E-state index in [1.165, 1.54) is 23.5 Å². The fourth-order valence-corrected chi connectivity index (χ4v) is 3.28. The molecule has 3 rings (SSSR count). The van der Waals surface area contributed by atoms with Gasteiger partial charge in [-0.3, -0.25) is 4.79 Å². The van der Waals surface area contributed by atoms with Crippen molar-refractivity contribution in [2.24, 2.45) is 0 Å². The summed E-state index contributed by atoms with van der Waals surface area (Å²) in [5.41, 5.74) is 0.607. The summed E-state index contributed by atoms with van der Waals surface area (Å²) < 4.78 is 43.9. The highest BCUT2D eigenvalue weighted by molar-refractivity contribution is 7.13. The van der Waals surface area contributed by atoms with Crippen LogP contribution >= 0.6 is 11.3 Å². The molecule has 0 saturated carbocycles. The summed E-state index contributed by atoms with van der Waals surface area (Å²) in [6.07, 6.45) is -4.39. The lowest BCUT2D eigenvalue weighted by atomic mass is 10.2. The van der Waals surface area contributed by atoms with Gasteiger partial charge in [0.2, 0.25) is 5.91 Å². The van der Waals surface area contributed by atoms with Crippen molar-refractivity contribution in [1.82, 2.24) is 4.98 Å². The smallest absolute Gasteiger partial charge is 0.416 e. The standard InChI is InChI=1S/C20H18F3N3O2S/c1-2-28-17-9-4-3-8-16(17)26-18(27)11-15-12-29-19(25-15)24-14-7-5-6-13(10-14)20(21,22)23/h3-10,12H,2,11H2,1H3,(H,24,25)(H,26,27). The van der Waals surface area contributed by atoms with E-state index in [2.05, 4.69) is 15.6 Å². The molecule has 9 heteroatoms. The number of aromatic nitrogens is 1. The molecule has 0 atom stereocenters. The fourth-order valence-electron chi connectivity index (χ4n) is 2.55. The molecule has 0 aliphatic heterocycles. The van der Waals surface area contributed by atoms with Crippen LogP contribution in [0.1, 0.15) is 18.2 Å². The zero-order chi connectivity index (χ0) is 20.9. The molecule has 152 valence electrons. The van der Waals surface area contributed by atoms with Crippen LogP contribution in [-0.2, 0) is 17.4 Å². The number of halogens is 3. The van der Waals surface area contributed by atoms with Gasteiger partial charge in [-0.25, -0.2) is 4.98 Å². The van der Waals surface area contributed by atoms with Gasteiger partial charge in [0.25, 0.3) is 0 Å². The number of amides is 1. The Kier molecular flexibility index (Phi) is 6.38. The van der Waals surface area contributed by atoms with Crippen molar-refractivity contribution in [2.45, 2.75) is 19.5 Å². The predicted molar refractivity (Wildman–Crippen MR) is 107 cm³/mol. The number of nitrogens with zero attached hydrogens (tertiary/aromatic N) is 1. The first-order valence-corrected chi connectivity index (χ1v) is 9.63. The maximum absolute atomic E-state index is 12.8. The van der Waals surface area contributed by atoms with Crippen molar-refractivity contribution < 1.29 is 22.7 Å². The average molecular weight is 421 g/mol. The van der Waals surface area contributed by atoms with Gasteiger partial charge in [0, 0.05) is 11.1 Å². The predicted octanol–water partition coefficient (Wildman–Crippen LogP) is 5.49. The van der Waals surface area contributed by atoms with E-state index >= 15 is 0 Å². The highest BCUT2D eigenvalue weighted by Gasteiger charge is 2.30. The second-order valence-corrected chi connectivity index (χ2v) is 6.86. The van der Waals surface area contributed by atoms with Gasteiger partial charge in [0.05, 0.1) is 30.0 Å². The maximum atomic E-state index is 12.8. The number of hydrogen-bond donors (Lipinski definition) is 2. The van der Waals surface area contributed by atoms with Crippen molar-refractivity contribution in [1.29, 1.82) is 0 Å². The van der Waals surface area contributed by atoms with Crippen molar-refractivity contribution in [3.8, 4) is 5.75 Å². The Morgan fingerprint density at radius 1 is 1.17 bits per heavy atom. The summed E-state index contributed by atoms with van der Waals surface area (Å²) in [5.74, 6) is 0.307. The Bertz CT molecular complexity index is 989. The summed E-state index contributed by atoms with van der Waals surface area (Å²) in [4.78, 5) is 16.6. The van der Waals surface area contributed by atoms with Gasteiger partial charge < -0.3 is 15.4 Å². The van der Waals surface area contributed by atoms with Gasteiger partial charge >= 0.3 is 6.18 Å². The number of nitrogens with one attached hydrogen (secondary N) is 2. The molecule has 29 heavy (non-hydrogen) atoms. The number of thiazole rings is 1. The molecule has 0 aliphatic carbocycles. The zero-order valence-electron chi connectivity index (χ0n) is 15.4. The molecule has 1 aromatic heterocycles. The number of carbonyl (C=O) groups excluding carboxylic acids is 1. The lowest BCUT2D eigenvalue weighted by Gasteiger charge is -2.10. The monoisotopic (exact) mass is 421 g/mol. The van der Waals surface area contributed by atoms with E-state index in [-0.39, 0.29) is 18.0 Å². The first kappa shape index (κ1) is 20.7. The molecule has 2 N–H and O–H groups in total. The van der Waals surface area contributed by atoms with E-state index in [1.54, 1.807) is 23.6 Å². The minimum Gasteiger partial charge on any atom is -0.492 e. The molecule has 1 amide bonds. The van der Waals surface area contributed by atoms with Crippen LogP contribution in [-0.4, -0.2) is 17.5 Å². The number of para-hydroxylation sites is 2. The van der Waals surface area contributed by atoms with Crippen molar-refractivity contribution in [2.75, 3.05) is 17.2 Å². The van der Waals surface area contributed by atoms with Crippen molar-refractivity contribution in [3.63, 3.8) is 0 Å². The molecule has 0 saturated heterocycles. The molecule has 0 unspecified atom stereocenters. The Morgan fingerprint density at radius 2 is 1.97 bits per heavy atom. The van der Waals surface area contributed by atoms with Crippen LogP contribution < -0.4 is 15.4 Å². The minimum absolute atomic E-state index is 0.0290. The number of carbonyl (C=O) groups is 1. The van der Waals surface area contributed by atoms with E-state index in [0.717, 1.165) is 12.1 Å². The molecule has 3 aromatic rings. The third-order valence-electron chi connectivity index (χ3n) is 3.80. The molecule has 0 bridgehead atoms. The topological polar surface area (TPSA) is 63.2 Å². The number of hydrogen-bond acceptors (Lipinski definition) is 5. The van der Waals surface area contributed by atoms with Gasteiger partial charge in [0.15, 0.2) is 5.13 Å². The number of ether oxygens (including phenoxy) is 1. The van der Waals surface area contributed by atoms with Crippen LogP contribution in [0.15, 0.2) is 53.9 Å². The minimum atomic E-state index is -4.42. The summed E-state index contributed by atoms with van der Waals surface area (Å²) in [6.45, 7) is 2.33. The average Bonchev–Trinajstić information content (AvgIpc) is 3.09. The summed E-state index contributed by atoms with van der Waals surface area (Å²) in [6, 6.07) is 12.0. The molecule has 0 aliphatic rings. The zero-order valence-corrected chi connectivity index (χ0v) is 16.2. The number of rotatable bonds is 7. The molecular weight excluding hydrogens is 403 g/mol. The summed E-state index contributed by atoms with van der Waals surface area (Å²) in [7, 11) is 0. The Balaban J connectivity index is 1.63. The highest BCUT2D eigenvalue weighted by Crippen LogP contribution is 2.32. The molecule has 1 heterocycles. The van der Waals surface area contributed by atoms with Gasteiger partial charge in [-0.15, -0.1) is 11.3 Å². The lowest BCUT2D eigenvalue weighted by molar-refractivity contribution is -0.137. The Morgan fingerprint density at radius 3 is 2.72 bits per heavy atom. The Hall–Kier alpha value is -3.07. The van der Waals surface area contributed by atoms with E-state index in [0.29, 0.717) is 28.9 Å². The molecule has 0 spiro atoms. The molecule has 2 aromatic carbocycles. The van der Waals surface area contributed by atoms with Crippen molar-refractivity contribution in [3.05, 3.63) is 65.2 Å². The summed E-state index contributed by atoms with van der Waals surface area (Å²) in [5, 5.41) is 7.71. The quantitative estimate of drug-likeness (QED) is 0.530. The number of alkyl halides is 3. The van der Waals surface area contributed by atoms with Crippen LogP contribution in [0.5, 0.6) is 5.75 Å². The lowest BCUT2D eigenvalue weighted by Crippen LogP contribution is -2.15. The van der Waals surface area contributed by atoms with E-state index < -0.39 is 11.7 Å². The van der Waals surface area contributed by atoms with Gasteiger partial charge in [-0.05, 0) is 37.3 Å². The maximum Gasteiger partial charge on any atom is 0.416 e. The fraction of sp³-hybridized carbons (Fsp3) is 0.200. The molecule has 0 fully saturated rings. The second kappa shape index (κ2) is 8.95. The van der Waals surface area contributed by atoms with Crippen LogP contribution in [0.4, 0.5) is 29.7 Å². The third-order valence-corrected chi connectivity index (χ3v) is 4.60. The highest BCUT2D eigenvalue weighted by atomic mass is 32.1. The summed E-state index contributed by atoms with van der Waals surface area (Å²) >= 11 is 1.21. The third kappa shape index (κ3) is 5.71. The first-order valence-electron chi connectivity index (χ1n) is 8.75. The largest absolute Gasteiger partial charge is 0.492 e. The molecule has 5 nitrogen and oxygen atoms in total. The van der Waals surface area contributed by atoms with Crippen LogP contribution in [0.3, 0.4) is 0 Å². The van der Waals surface area contributed by atoms with Gasteiger partial charge in [-0.1, -0.05) is 18.2 Å². The van der Waals surface area contributed by atoms with Crippen LogP contribution in [0.25, 0.3) is 0 Å². The number of benzene rings is 2. The van der Waals surface area contributed by atoms with Crippen LogP contribution in [0, 0.1) is 0 Å². The van der Waals surface area contributed by atoms with E-state index in [4.69, 9.17) is 4.74 Å². The molecular formula is C20H18F3N3O2S. The Labute approximate surface area is 169 Å². The second-order valence-electron chi connectivity index (χ2n) is 6.00. The molecule has 0 radical (unpaired) electrons. The van der Waals surface area contributed by atoms with Crippen molar-refractivity contribution >= 4 is 33.8 Å². The van der Waals surface area contributed by atoms with E-state index in [1.807, 2.05) is 13.0 Å².